The lowest BCUT2D eigenvalue weighted by molar-refractivity contribution is -0.120. The summed E-state index contributed by atoms with van der Waals surface area (Å²) in [6.45, 7) is 0. The lowest BCUT2D eigenvalue weighted by atomic mass is 9.17. The zero-order chi connectivity index (χ0) is 14.9. The molecule has 1 aliphatic heterocycles. The lowest BCUT2D eigenvalue weighted by Gasteiger charge is -2.56. The van der Waals surface area contributed by atoms with Crippen LogP contribution in [0.5, 0.6) is 0 Å². The zero-order valence-corrected chi connectivity index (χ0v) is 13.1. The molecule has 0 fully saturated rings. The number of fused-ring (bicyclic) bond motifs is 3. The summed E-state index contributed by atoms with van der Waals surface area (Å²) in [5.41, 5.74) is 8.58. The fourth-order valence-corrected chi connectivity index (χ4v) is 4.60. The average Bonchev–Trinajstić information content (AvgIpc) is 2.60. The predicted molar refractivity (Wildman–Crippen MR) is 96.2 cm³/mol. The Bertz CT molecular complexity index is 663. The minimum absolute atomic E-state index is 0.0348. The average molecular weight is 279 g/mol. The van der Waals surface area contributed by atoms with Gasteiger partial charge in [-0.1, -0.05) is 34.9 Å². The van der Waals surface area contributed by atoms with Crippen molar-refractivity contribution in [3.63, 3.8) is 0 Å². The van der Waals surface area contributed by atoms with Gasteiger partial charge in [-0.25, -0.2) is 0 Å². The van der Waals surface area contributed by atoms with Gasteiger partial charge in [0.05, 0.1) is 5.54 Å². The summed E-state index contributed by atoms with van der Waals surface area (Å²) in [5, 5.41) is -0.789. The Morgan fingerprint density at radius 1 is 1.20 bits per heavy atom. The molecule has 0 radical (unpaired) electrons. The molecule has 8 heteroatoms. The van der Waals surface area contributed by atoms with Crippen LogP contribution < -0.4 is 11.2 Å². The molecule has 2 atom stereocenters. The highest BCUT2D eigenvalue weighted by molar-refractivity contribution is 7.20. The number of carbonyl (C=O) groups is 1. The van der Waals surface area contributed by atoms with E-state index >= 15 is 0 Å². The van der Waals surface area contributed by atoms with Gasteiger partial charge in [-0.2, -0.15) is 11.5 Å². The Morgan fingerprint density at radius 2 is 1.80 bits per heavy atom. The van der Waals surface area contributed by atoms with E-state index in [0.717, 1.165) is 16.5 Å². The SMILES string of the molecule is BC1=CC(=O)C2(N)c3ccccc3B(Cl)C2(B)C1(B)B. The van der Waals surface area contributed by atoms with E-state index in [0.29, 0.717) is 0 Å². The van der Waals surface area contributed by atoms with Crippen LogP contribution in [0.3, 0.4) is 0 Å². The molecule has 1 aromatic rings. The minimum atomic E-state index is -1.04. The quantitative estimate of drug-likeness (QED) is 0.518. The van der Waals surface area contributed by atoms with Gasteiger partial charge in [0.15, 0.2) is 5.78 Å². The van der Waals surface area contributed by atoms with Crippen molar-refractivity contribution in [3.8, 4) is 0 Å². The van der Waals surface area contributed by atoms with Gasteiger partial charge in [-0.3, -0.25) is 4.79 Å². The van der Waals surface area contributed by atoms with Crippen LogP contribution in [0.2, 0.25) is 10.4 Å². The van der Waals surface area contributed by atoms with Gasteiger partial charge in [-0.15, -0.1) is 5.47 Å². The van der Waals surface area contributed by atoms with Crippen molar-refractivity contribution in [2.24, 2.45) is 5.73 Å². The van der Waals surface area contributed by atoms with E-state index in [1.165, 1.54) is 0 Å². The van der Waals surface area contributed by atoms with E-state index in [1.54, 1.807) is 6.08 Å². The molecule has 1 aromatic carbocycles. The van der Waals surface area contributed by atoms with Gasteiger partial charge in [0.2, 0.25) is 0 Å². The molecule has 3 rings (SSSR count). The van der Waals surface area contributed by atoms with Crippen molar-refractivity contribution in [1.29, 1.82) is 0 Å². The smallest absolute Gasteiger partial charge is 0.283 e. The minimum Gasteiger partial charge on any atom is -0.316 e. The van der Waals surface area contributed by atoms with Crippen LogP contribution in [0, 0.1) is 0 Å². The third-order valence-electron chi connectivity index (χ3n) is 6.01. The number of hydrogen-bond acceptors (Lipinski definition) is 2. The Hall–Kier alpha value is -0.795. The number of carbonyl (C=O) groups excluding carboxylic acids is 1. The number of nitrogens with two attached hydrogens (primary N) is 1. The number of hydrogen-bond donors (Lipinski definition) is 1. The topological polar surface area (TPSA) is 43.1 Å². The fourth-order valence-electron chi connectivity index (χ4n) is 3.97. The van der Waals surface area contributed by atoms with E-state index in [4.69, 9.17) is 17.2 Å². The summed E-state index contributed by atoms with van der Waals surface area (Å²) >= 11 is 6.80. The first-order valence-corrected chi connectivity index (χ1v) is 7.38. The molecule has 2 N–H and O–H groups in total. The van der Waals surface area contributed by atoms with Crippen molar-refractivity contribution < 1.29 is 4.79 Å². The second-order valence-electron chi connectivity index (χ2n) is 6.78. The highest BCUT2D eigenvalue weighted by Gasteiger charge is 2.69. The summed E-state index contributed by atoms with van der Waals surface area (Å²) in [5.74, 6) is -0.0348. The Labute approximate surface area is 128 Å². The molecule has 2 unspecified atom stereocenters. The molecule has 0 saturated heterocycles. The van der Waals surface area contributed by atoms with Crippen molar-refractivity contribution >= 4 is 60.2 Å². The zero-order valence-electron chi connectivity index (χ0n) is 12.3. The summed E-state index contributed by atoms with van der Waals surface area (Å²) in [6.07, 6.45) is 1.43. The predicted octanol–water partition coefficient (Wildman–Crippen LogP) is -2.90. The second kappa shape index (κ2) is 3.89. The van der Waals surface area contributed by atoms with Crippen LogP contribution in [-0.4, -0.2) is 43.3 Å². The first-order valence-electron chi connectivity index (χ1n) is 6.94. The summed E-state index contributed by atoms with van der Waals surface area (Å²) < 4.78 is 0. The molecule has 20 heavy (non-hydrogen) atoms. The molecule has 96 valence electrons. The van der Waals surface area contributed by atoms with Gasteiger partial charge in [0.25, 0.3) is 6.13 Å². The van der Waals surface area contributed by atoms with E-state index in [9.17, 15) is 4.79 Å². The van der Waals surface area contributed by atoms with Gasteiger partial charge in [0.1, 0.15) is 31.4 Å². The Balaban J connectivity index is 2.41. The number of ketones is 1. The van der Waals surface area contributed by atoms with E-state index in [-0.39, 0.29) is 17.1 Å². The standard InChI is InChI=1S/C12H15B5ClNO/c13-8-5-9(20)10(19)6-3-1-2-4-7(6)17(18)12(10,16)11(8,14)15/h1-5H,13-16,19H2. The van der Waals surface area contributed by atoms with Crippen LogP contribution in [0.25, 0.3) is 0 Å². The molecule has 0 aromatic heterocycles. The molecule has 0 spiro atoms. The monoisotopic (exact) mass is 279 g/mol. The molecule has 1 aliphatic carbocycles. The second-order valence-corrected chi connectivity index (χ2v) is 7.21. The number of halogens is 1. The maximum atomic E-state index is 12.7. The summed E-state index contributed by atoms with van der Waals surface area (Å²) in [6, 6.07) is 7.81. The molecular weight excluding hydrogens is 264 g/mol. The molecule has 0 bridgehead atoms. The third-order valence-corrected chi connectivity index (χ3v) is 6.68. The van der Waals surface area contributed by atoms with Crippen molar-refractivity contribution in [1.82, 2.24) is 0 Å². The van der Waals surface area contributed by atoms with Crippen LogP contribution in [0.15, 0.2) is 35.8 Å². The number of benzene rings is 1. The highest BCUT2D eigenvalue weighted by Crippen LogP contribution is 2.65. The largest absolute Gasteiger partial charge is 0.316 e. The summed E-state index contributed by atoms with van der Waals surface area (Å²) in [4.78, 5) is 12.7. The number of allylic oxidation sites excluding steroid dienone is 1. The van der Waals surface area contributed by atoms with Crippen molar-refractivity contribution in [2.75, 3.05) is 0 Å². The molecule has 1 heterocycles. The lowest BCUT2D eigenvalue weighted by Crippen LogP contribution is -2.62. The van der Waals surface area contributed by atoms with Gasteiger partial charge >= 0.3 is 0 Å². The van der Waals surface area contributed by atoms with E-state index in [2.05, 4.69) is 23.5 Å². The van der Waals surface area contributed by atoms with Gasteiger partial charge in [0, 0.05) is 0 Å². The summed E-state index contributed by atoms with van der Waals surface area (Å²) in [7, 11) is 8.32. The van der Waals surface area contributed by atoms with E-state index in [1.807, 2.05) is 32.1 Å². The molecular formula is C12H15B5ClNO. The third kappa shape index (κ3) is 1.25. The van der Waals surface area contributed by atoms with Crippen LogP contribution in [0.4, 0.5) is 0 Å². The maximum Gasteiger partial charge on any atom is 0.283 e. The van der Waals surface area contributed by atoms with Crippen molar-refractivity contribution in [2.45, 2.75) is 16.0 Å². The highest BCUT2D eigenvalue weighted by atomic mass is 35.5. The first kappa shape index (κ1) is 14.2. The molecule has 0 saturated carbocycles. The first-order chi connectivity index (χ1) is 9.19. The maximum absolute atomic E-state index is 12.7. The molecule has 0 amide bonds. The van der Waals surface area contributed by atoms with Crippen molar-refractivity contribution in [3.05, 3.63) is 41.4 Å². The van der Waals surface area contributed by atoms with Crippen LogP contribution in [0.1, 0.15) is 5.56 Å². The normalized spacial score (nSPS) is 34.4. The Kier molecular flexibility index (Phi) is 2.76. The van der Waals surface area contributed by atoms with E-state index < -0.39 is 10.8 Å². The fraction of sp³-hybridized carbons (Fsp3) is 0.250. The van der Waals surface area contributed by atoms with Gasteiger partial charge in [-0.05, 0) is 16.9 Å². The molecule has 2 aliphatic rings. The number of rotatable bonds is 0. The Morgan fingerprint density at radius 3 is 2.45 bits per heavy atom. The van der Waals surface area contributed by atoms with Crippen LogP contribution in [-0.2, 0) is 10.3 Å². The molecule has 2 nitrogen and oxygen atoms in total. The van der Waals surface area contributed by atoms with Gasteiger partial charge < -0.3 is 5.73 Å². The van der Waals surface area contributed by atoms with Crippen LogP contribution >= 0.6 is 11.5 Å².